The predicted octanol–water partition coefficient (Wildman–Crippen LogP) is 3.26. The first kappa shape index (κ1) is 14.0. The van der Waals surface area contributed by atoms with Crippen molar-refractivity contribution in [1.29, 1.82) is 0 Å². The van der Waals surface area contributed by atoms with Crippen molar-refractivity contribution < 1.29 is 0 Å². The van der Waals surface area contributed by atoms with Crippen molar-refractivity contribution in [3.05, 3.63) is 58.8 Å². The van der Waals surface area contributed by atoms with Crippen LogP contribution in [0.15, 0.2) is 48.1 Å². The summed E-state index contributed by atoms with van der Waals surface area (Å²) in [6, 6.07) is 12.8. The van der Waals surface area contributed by atoms with Gasteiger partial charge in [0.25, 0.3) is 0 Å². The maximum Gasteiger partial charge on any atom is 0.137 e. The van der Waals surface area contributed by atoms with Crippen LogP contribution in [-0.4, -0.2) is 21.7 Å². The fourth-order valence-corrected chi connectivity index (χ4v) is 3.06. The molecule has 0 spiro atoms. The summed E-state index contributed by atoms with van der Waals surface area (Å²) in [5, 5.41) is 12.4. The number of hydrogen-bond acceptors (Lipinski definition) is 4. The first-order valence-corrected chi connectivity index (χ1v) is 7.97. The number of aromatic amines is 1. The molecule has 21 heavy (non-hydrogen) atoms. The molecule has 4 nitrogen and oxygen atoms in total. The van der Waals surface area contributed by atoms with Crippen LogP contribution in [0.2, 0.25) is 0 Å². The van der Waals surface area contributed by atoms with Crippen LogP contribution < -0.4 is 5.32 Å². The highest BCUT2D eigenvalue weighted by Gasteiger charge is 2.02. The number of thiophene rings is 1. The van der Waals surface area contributed by atoms with Gasteiger partial charge in [-0.25, -0.2) is 4.98 Å². The molecule has 2 aromatic heterocycles. The van der Waals surface area contributed by atoms with Crippen LogP contribution in [0.4, 0.5) is 0 Å². The van der Waals surface area contributed by atoms with Gasteiger partial charge in [-0.2, -0.15) is 5.10 Å². The second kappa shape index (κ2) is 7.15. The Kier molecular flexibility index (Phi) is 4.76. The van der Waals surface area contributed by atoms with Crippen LogP contribution in [0.25, 0.3) is 11.1 Å². The zero-order valence-corrected chi connectivity index (χ0v) is 12.6. The van der Waals surface area contributed by atoms with Crippen molar-refractivity contribution in [1.82, 2.24) is 20.5 Å². The maximum absolute atomic E-state index is 4.12. The van der Waals surface area contributed by atoms with Crippen LogP contribution in [0, 0.1) is 0 Å². The maximum atomic E-state index is 4.12. The summed E-state index contributed by atoms with van der Waals surface area (Å²) in [7, 11) is 0. The molecule has 3 aromatic rings. The van der Waals surface area contributed by atoms with Gasteiger partial charge in [0.05, 0.1) is 0 Å². The fraction of sp³-hybridized carbons (Fsp3) is 0.250. The molecule has 5 heteroatoms. The van der Waals surface area contributed by atoms with Crippen LogP contribution in [0.1, 0.15) is 17.1 Å². The second-order valence-electron chi connectivity index (χ2n) is 4.88. The third-order valence-electron chi connectivity index (χ3n) is 3.29. The summed E-state index contributed by atoms with van der Waals surface area (Å²) in [6.07, 6.45) is 3.55. The van der Waals surface area contributed by atoms with Crippen molar-refractivity contribution in [2.45, 2.75) is 19.4 Å². The van der Waals surface area contributed by atoms with E-state index in [2.05, 4.69) is 56.2 Å². The van der Waals surface area contributed by atoms with Crippen molar-refractivity contribution in [2.24, 2.45) is 0 Å². The SMILES string of the molecule is c1ccc(-c2csc(CNCCCc3ncn[nH]3)c2)cc1. The molecular weight excluding hydrogens is 280 g/mol. The van der Waals surface area contributed by atoms with E-state index in [9.17, 15) is 0 Å². The molecule has 0 saturated carbocycles. The topological polar surface area (TPSA) is 53.6 Å². The lowest BCUT2D eigenvalue weighted by Gasteiger charge is -2.01. The fourth-order valence-electron chi connectivity index (χ4n) is 2.20. The predicted molar refractivity (Wildman–Crippen MR) is 86.2 cm³/mol. The molecular formula is C16H18N4S. The van der Waals surface area contributed by atoms with Gasteiger partial charge in [0.1, 0.15) is 12.2 Å². The Morgan fingerprint density at radius 2 is 2.05 bits per heavy atom. The molecule has 0 aliphatic rings. The summed E-state index contributed by atoms with van der Waals surface area (Å²) in [5.74, 6) is 0.958. The summed E-state index contributed by atoms with van der Waals surface area (Å²) in [5.41, 5.74) is 2.59. The smallest absolute Gasteiger partial charge is 0.137 e. The minimum Gasteiger partial charge on any atom is -0.312 e. The molecule has 2 heterocycles. The third-order valence-corrected chi connectivity index (χ3v) is 4.23. The van der Waals surface area contributed by atoms with E-state index in [0.29, 0.717) is 0 Å². The van der Waals surface area contributed by atoms with Crippen molar-refractivity contribution >= 4 is 11.3 Å². The molecule has 3 rings (SSSR count). The van der Waals surface area contributed by atoms with E-state index in [4.69, 9.17) is 0 Å². The van der Waals surface area contributed by atoms with Gasteiger partial charge >= 0.3 is 0 Å². The van der Waals surface area contributed by atoms with Crippen molar-refractivity contribution in [3.8, 4) is 11.1 Å². The molecule has 0 amide bonds. The number of aromatic nitrogens is 3. The van der Waals surface area contributed by atoms with E-state index in [-0.39, 0.29) is 0 Å². The Morgan fingerprint density at radius 1 is 1.14 bits per heavy atom. The van der Waals surface area contributed by atoms with Gasteiger partial charge < -0.3 is 5.32 Å². The second-order valence-corrected chi connectivity index (χ2v) is 5.88. The molecule has 1 aromatic carbocycles. The van der Waals surface area contributed by atoms with Gasteiger partial charge in [-0.15, -0.1) is 11.3 Å². The average molecular weight is 298 g/mol. The Morgan fingerprint density at radius 3 is 2.86 bits per heavy atom. The highest BCUT2D eigenvalue weighted by molar-refractivity contribution is 7.10. The standard InChI is InChI=1S/C16H18N4S/c1-2-5-13(6-3-1)14-9-15(21-11-14)10-17-8-4-7-16-18-12-19-20-16/h1-3,5-6,9,11-12,17H,4,7-8,10H2,(H,18,19,20). The third kappa shape index (κ3) is 4.00. The van der Waals surface area contributed by atoms with Crippen LogP contribution >= 0.6 is 11.3 Å². The van der Waals surface area contributed by atoms with Gasteiger partial charge in [0.15, 0.2) is 0 Å². The van der Waals surface area contributed by atoms with E-state index < -0.39 is 0 Å². The lowest BCUT2D eigenvalue weighted by atomic mass is 10.1. The summed E-state index contributed by atoms with van der Waals surface area (Å²) >= 11 is 1.81. The van der Waals surface area contributed by atoms with Gasteiger partial charge in [0.2, 0.25) is 0 Å². The number of H-pyrrole nitrogens is 1. The van der Waals surface area contributed by atoms with Crippen LogP contribution in [-0.2, 0) is 13.0 Å². The largest absolute Gasteiger partial charge is 0.312 e. The summed E-state index contributed by atoms with van der Waals surface area (Å²) in [4.78, 5) is 5.49. The van der Waals surface area contributed by atoms with Crippen molar-refractivity contribution in [2.75, 3.05) is 6.54 Å². The number of aryl methyl sites for hydroxylation is 1. The van der Waals surface area contributed by atoms with E-state index >= 15 is 0 Å². The van der Waals surface area contributed by atoms with Crippen LogP contribution in [0.3, 0.4) is 0 Å². The number of rotatable bonds is 7. The summed E-state index contributed by atoms with van der Waals surface area (Å²) in [6.45, 7) is 1.91. The minimum atomic E-state index is 0.925. The van der Waals surface area contributed by atoms with E-state index in [0.717, 1.165) is 31.8 Å². The minimum absolute atomic E-state index is 0.925. The number of nitrogens with one attached hydrogen (secondary N) is 2. The Hall–Kier alpha value is -1.98. The monoisotopic (exact) mass is 298 g/mol. The number of benzene rings is 1. The molecule has 0 unspecified atom stereocenters. The first-order valence-electron chi connectivity index (χ1n) is 7.09. The zero-order chi connectivity index (χ0) is 14.3. The molecule has 0 aliphatic heterocycles. The summed E-state index contributed by atoms with van der Waals surface area (Å²) < 4.78 is 0. The number of hydrogen-bond donors (Lipinski definition) is 2. The molecule has 0 saturated heterocycles. The van der Waals surface area contributed by atoms with Gasteiger partial charge in [-0.3, -0.25) is 5.10 Å². The Labute approximate surface area is 128 Å². The zero-order valence-electron chi connectivity index (χ0n) is 11.7. The van der Waals surface area contributed by atoms with E-state index in [1.165, 1.54) is 16.0 Å². The Balaban J connectivity index is 1.43. The first-order chi connectivity index (χ1) is 10.4. The lowest BCUT2D eigenvalue weighted by Crippen LogP contribution is -2.14. The molecule has 108 valence electrons. The molecule has 0 aliphatic carbocycles. The molecule has 0 radical (unpaired) electrons. The number of nitrogens with zero attached hydrogens (tertiary/aromatic N) is 2. The highest BCUT2D eigenvalue weighted by Crippen LogP contribution is 2.25. The highest BCUT2D eigenvalue weighted by atomic mass is 32.1. The normalized spacial score (nSPS) is 10.9. The molecule has 2 N–H and O–H groups in total. The van der Waals surface area contributed by atoms with Crippen LogP contribution in [0.5, 0.6) is 0 Å². The van der Waals surface area contributed by atoms with Crippen molar-refractivity contribution in [3.63, 3.8) is 0 Å². The molecule has 0 bridgehead atoms. The Bertz CT molecular complexity index is 646. The molecule has 0 atom stereocenters. The quantitative estimate of drug-likeness (QED) is 0.658. The van der Waals surface area contributed by atoms with E-state index in [1.54, 1.807) is 6.33 Å². The lowest BCUT2D eigenvalue weighted by molar-refractivity contribution is 0.644. The molecule has 0 fully saturated rings. The van der Waals surface area contributed by atoms with Gasteiger partial charge in [0, 0.05) is 17.8 Å². The van der Waals surface area contributed by atoms with E-state index in [1.807, 2.05) is 17.4 Å². The van der Waals surface area contributed by atoms with Gasteiger partial charge in [-0.1, -0.05) is 30.3 Å². The average Bonchev–Trinajstić information content (AvgIpc) is 3.19. The van der Waals surface area contributed by atoms with Gasteiger partial charge in [-0.05, 0) is 35.5 Å².